The summed E-state index contributed by atoms with van der Waals surface area (Å²) in [7, 11) is -4.92. The third-order valence-corrected chi connectivity index (χ3v) is 11.9. The van der Waals surface area contributed by atoms with Gasteiger partial charge < -0.3 is 8.23 Å². The second-order valence-electron chi connectivity index (χ2n) is 7.02. The van der Waals surface area contributed by atoms with Crippen molar-refractivity contribution in [2.75, 3.05) is 0 Å². The minimum atomic E-state index is -1.93. The summed E-state index contributed by atoms with van der Waals surface area (Å²) in [6.07, 6.45) is 3.82. The van der Waals surface area contributed by atoms with Crippen molar-refractivity contribution in [2.45, 2.75) is 92.9 Å². The molecule has 2 nitrogen and oxygen atoms in total. The van der Waals surface area contributed by atoms with Crippen molar-refractivity contribution in [3.63, 3.8) is 0 Å². The molecule has 19 heavy (non-hydrogen) atoms. The average Bonchev–Trinajstić information content (AvgIpc) is 1.96. The first-order valence-electron chi connectivity index (χ1n) is 6.88. The molecule has 0 amide bonds. The fraction of sp³-hybridized carbons (Fsp3) is 1.00. The summed E-state index contributed by atoms with van der Waals surface area (Å²) in [4.78, 5) is 0. The molecular weight excluding hydrogens is 284 g/mol. The number of hydrogen-bond donors (Lipinski definition) is 0. The van der Waals surface area contributed by atoms with Crippen molar-refractivity contribution in [2.24, 2.45) is 0 Å². The minimum Gasteiger partial charge on any atom is -0.437 e. The second kappa shape index (κ2) is 9.50. The van der Waals surface area contributed by atoms with Gasteiger partial charge in [0.05, 0.1) is 0 Å². The first-order chi connectivity index (χ1) is 7.47. The highest BCUT2D eigenvalue weighted by Gasteiger charge is 2.39. The molecule has 0 aliphatic rings. The van der Waals surface area contributed by atoms with Crippen molar-refractivity contribution < 1.29 is 8.23 Å². The van der Waals surface area contributed by atoms with Crippen molar-refractivity contribution in [3.05, 3.63) is 0 Å². The van der Waals surface area contributed by atoms with Gasteiger partial charge in [0.2, 0.25) is 0 Å². The van der Waals surface area contributed by atoms with Gasteiger partial charge in [-0.3, -0.25) is 0 Å². The van der Waals surface area contributed by atoms with Crippen LogP contribution in [0.1, 0.15) is 41.0 Å². The van der Waals surface area contributed by atoms with E-state index in [1.165, 1.54) is 19.3 Å². The summed E-state index contributed by atoms with van der Waals surface area (Å²) in [6, 6.07) is 1.16. The highest BCUT2D eigenvalue weighted by molar-refractivity contribution is 6.87. The number of rotatable bonds is 8. The molecule has 0 aliphatic carbocycles. The molecule has 0 saturated carbocycles. The molecule has 0 aromatic rings. The van der Waals surface area contributed by atoms with Crippen LogP contribution in [0.2, 0.25) is 51.9 Å². The molecule has 0 aliphatic heterocycles. The summed E-state index contributed by atoms with van der Waals surface area (Å²) < 4.78 is 12.9. The molecule has 120 valence electrons. The summed E-state index contributed by atoms with van der Waals surface area (Å²) in [5.74, 6) is 0. The van der Waals surface area contributed by atoms with Crippen LogP contribution in [0.5, 0.6) is 0 Å². The predicted molar refractivity (Wildman–Crippen MR) is 98.3 cm³/mol. The first kappa shape index (κ1) is 24.6. The molecule has 0 atom stereocenters. The fourth-order valence-electron chi connectivity index (χ4n) is 2.11. The topological polar surface area (TPSA) is 18.5 Å². The first-order valence-corrected chi connectivity index (χ1v) is 16.2. The zero-order valence-electron chi connectivity index (χ0n) is 13.1. The van der Waals surface area contributed by atoms with Crippen molar-refractivity contribution in [1.29, 1.82) is 0 Å². The summed E-state index contributed by atoms with van der Waals surface area (Å²) in [6.45, 7) is 18.1. The van der Waals surface area contributed by atoms with Crippen LogP contribution in [0.25, 0.3) is 0 Å². The van der Waals surface area contributed by atoms with Gasteiger partial charge >= 0.3 is 8.56 Å². The lowest BCUT2D eigenvalue weighted by atomic mass is 10.3. The molecule has 0 rings (SSSR count). The van der Waals surface area contributed by atoms with Gasteiger partial charge in [-0.15, -0.1) is 0 Å². The zero-order valence-corrected chi connectivity index (χ0v) is 16.1. The minimum absolute atomic E-state index is 0. The lowest BCUT2D eigenvalue weighted by molar-refractivity contribution is 0.380. The van der Waals surface area contributed by atoms with E-state index < -0.39 is 25.2 Å². The van der Waals surface area contributed by atoms with Crippen LogP contribution in [-0.2, 0) is 8.23 Å². The summed E-state index contributed by atoms with van der Waals surface area (Å²) in [5.41, 5.74) is 0. The Balaban J connectivity index is -0.00000128. The Morgan fingerprint density at radius 3 is 1.32 bits per heavy atom. The fourth-order valence-corrected chi connectivity index (χ4v) is 14.7. The average molecular weight is 325 g/mol. The van der Waals surface area contributed by atoms with Gasteiger partial charge in [-0.25, -0.2) is 0 Å². The highest BCUT2D eigenvalue weighted by atomic mass is 28.5. The third kappa shape index (κ3) is 14.8. The van der Waals surface area contributed by atoms with E-state index in [1.54, 1.807) is 0 Å². The molecule has 0 aromatic carbocycles. The van der Waals surface area contributed by atoms with Gasteiger partial charge in [0.15, 0.2) is 16.6 Å². The monoisotopic (exact) mass is 324 g/mol. The van der Waals surface area contributed by atoms with Crippen LogP contribution < -0.4 is 0 Å². The van der Waals surface area contributed by atoms with Crippen LogP contribution in [0, 0.1) is 0 Å². The van der Waals surface area contributed by atoms with Crippen molar-refractivity contribution in [3.8, 4) is 0 Å². The molecule has 0 bridgehead atoms. The van der Waals surface area contributed by atoms with Crippen molar-refractivity contribution >= 4 is 25.2 Å². The predicted octanol–water partition coefficient (Wildman–Crippen LogP) is 6.22. The molecule has 5 heteroatoms. The summed E-state index contributed by atoms with van der Waals surface area (Å²) >= 11 is 0. The van der Waals surface area contributed by atoms with Crippen molar-refractivity contribution in [1.82, 2.24) is 0 Å². The van der Waals surface area contributed by atoms with Gasteiger partial charge in [0.1, 0.15) is 0 Å². The largest absolute Gasteiger partial charge is 0.437 e. The Bertz CT molecular complexity index is 204. The smallest absolute Gasteiger partial charge is 0.314 e. The Hall–Kier alpha value is 0.571. The maximum atomic E-state index is 6.44. The normalized spacial score (nSPS) is 12.6. The molecule has 0 saturated heterocycles. The standard InChI is InChI=1S/C12H32O2Si3.2CH4/c1-9-10-11-12-17(8,13-15(2,3)4)14-16(5,6)7;;/h9-12H2,1-8H3;2*1H4. The Morgan fingerprint density at radius 1 is 0.684 bits per heavy atom. The van der Waals surface area contributed by atoms with E-state index in [4.69, 9.17) is 8.23 Å². The van der Waals surface area contributed by atoms with Gasteiger partial charge in [0.25, 0.3) is 0 Å². The van der Waals surface area contributed by atoms with Crippen LogP contribution in [0.4, 0.5) is 0 Å². The maximum absolute atomic E-state index is 6.44. The van der Waals surface area contributed by atoms with E-state index >= 15 is 0 Å². The van der Waals surface area contributed by atoms with E-state index in [0.717, 1.165) is 6.04 Å². The van der Waals surface area contributed by atoms with E-state index in [0.29, 0.717) is 0 Å². The Labute approximate surface area is 126 Å². The number of hydrogen-bond acceptors (Lipinski definition) is 2. The molecule has 0 fully saturated rings. The van der Waals surface area contributed by atoms with E-state index in [2.05, 4.69) is 52.8 Å². The molecule has 0 radical (unpaired) electrons. The molecule has 0 N–H and O–H groups in total. The van der Waals surface area contributed by atoms with Gasteiger partial charge in [-0.1, -0.05) is 41.0 Å². The molecule has 0 spiro atoms. The van der Waals surface area contributed by atoms with Crippen LogP contribution >= 0.6 is 0 Å². The van der Waals surface area contributed by atoms with Crippen LogP contribution in [0.3, 0.4) is 0 Å². The molecule has 0 unspecified atom stereocenters. The zero-order chi connectivity index (χ0) is 13.7. The SMILES string of the molecule is C.C.CCCCC[Si](C)(O[Si](C)(C)C)O[Si](C)(C)C. The molecule has 0 heterocycles. The Kier molecular flexibility index (Phi) is 12.3. The van der Waals surface area contributed by atoms with Gasteiger partial charge in [-0.2, -0.15) is 0 Å². The lowest BCUT2D eigenvalue weighted by Gasteiger charge is -2.38. The van der Waals surface area contributed by atoms with E-state index in [1.807, 2.05) is 0 Å². The maximum Gasteiger partial charge on any atom is 0.314 e. The van der Waals surface area contributed by atoms with E-state index in [-0.39, 0.29) is 14.9 Å². The molecular formula is C14H40O2Si3. The van der Waals surface area contributed by atoms with Gasteiger partial charge in [-0.05, 0) is 51.9 Å². The van der Waals surface area contributed by atoms with E-state index in [9.17, 15) is 0 Å². The molecule has 0 aromatic heterocycles. The highest BCUT2D eigenvalue weighted by Crippen LogP contribution is 2.26. The lowest BCUT2D eigenvalue weighted by Crippen LogP contribution is -2.52. The third-order valence-electron chi connectivity index (χ3n) is 2.28. The summed E-state index contributed by atoms with van der Waals surface area (Å²) in [5, 5.41) is 0. The van der Waals surface area contributed by atoms with Gasteiger partial charge in [0, 0.05) is 0 Å². The second-order valence-corrected chi connectivity index (χ2v) is 19.9. The Morgan fingerprint density at radius 2 is 1.05 bits per heavy atom. The number of unbranched alkanes of at least 4 members (excludes halogenated alkanes) is 2. The van der Waals surface area contributed by atoms with Crippen LogP contribution in [-0.4, -0.2) is 25.2 Å². The van der Waals surface area contributed by atoms with Crippen LogP contribution in [0.15, 0.2) is 0 Å². The quantitative estimate of drug-likeness (QED) is 0.389.